The number of aromatic nitrogens is 1. The molecular weight excluding hydrogens is 194 g/mol. The van der Waals surface area contributed by atoms with E-state index in [1.807, 2.05) is 11.6 Å². The van der Waals surface area contributed by atoms with Crippen molar-refractivity contribution in [3.05, 3.63) is 11.6 Å². The van der Waals surface area contributed by atoms with Crippen molar-refractivity contribution in [3.8, 4) is 0 Å². The summed E-state index contributed by atoms with van der Waals surface area (Å²) in [6, 6.07) is 0.303. The van der Waals surface area contributed by atoms with Crippen LogP contribution in [0.3, 0.4) is 0 Å². The van der Waals surface area contributed by atoms with E-state index in [1.165, 1.54) is 12.8 Å². The summed E-state index contributed by atoms with van der Waals surface area (Å²) in [5.74, 6) is 0.632. The van der Waals surface area contributed by atoms with Gasteiger partial charge in [-0.1, -0.05) is 0 Å². The standard InChI is InChI=1S/C10H17N3S/c1-8(11)9-3-2-5-13(7-9)10-12-4-6-14-10/h4,6,8-9H,2-3,5,7,11H2,1H3. The number of nitrogens with zero attached hydrogens (tertiary/aromatic N) is 2. The number of hydrogen-bond donors (Lipinski definition) is 1. The number of anilines is 1. The van der Waals surface area contributed by atoms with Gasteiger partial charge in [-0.3, -0.25) is 0 Å². The summed E-state index contributed by atoms with van der Waals surface area (Å²) in [6.45, 7) is 4.32. The van der Waals surface area contributed by atoms with Crippen LogP contribution >= 0.6 is 11.3 Å². The van der Waals surface area contributed by atoms with Gasteiger partial charge in [0, 0.05) is 30.7 Å². The Morgan fingerprint density at radius 1 is 1.71 bits per heavy atom. The highest BCUT2D eigenvalue weighted by atomic mass is 32.1. The van der Waals surface area contributed by atoms with E-state index in [9.17, 15) is 0 Å². The van der Waals surface area contributed by atoms with Crippen LogP contribution in [0.4, 0.5) is 5.13 Å². The average molecular weight is 211 g/mol. The van der Waals surface area contributed by atoms with Crippen LogP contribution in [-0.4, -0.2) is 24.1 Å². The van der Waals surface area contributed by atoms with Crippen molar-refractivity contribution in [2.45, 2.75) is 25.8 Å². The molecule has 4 heteroatoms. The minimum Gasteiger partial charge on any atom is -0.348 e. The Bertz CT molecular complexity index is 271. The summed E-state index contributed by atoms with van der Waals surface area (Å²) in [5, 5.41) is 3.18. The lowest BCUT2D eigenvalue weighted by Gasteiger charge is -2.34. The van der Waals surface area contributed by atoms with Crippen LogP contribution in [-0.2, 0) is 0 Å². The molecule has 0 aliphatic carbocycles. The highest BCUT2D eigenvalue weighted by Gasteiger charge is 2.23. The molecule has 0 saturated carbocycles. The highest BCUT2D eigenvalue weighted by Crippen LogP contribution is 2.25. The summed E-state index contributed by atoms with van der Waals surface area (Å²) in [5.41, 5.74) is 5.94. The molecule has 0 aromatic carbocycles. The van der Waals surface area contributed by atoms with E-state index in [4.69, 9.17) is 5.73 Å². The third-order valence-corrected chi connectivity index (χ3v) is 3.72. The van der Waals surface area contributed by atoms with E-state index in [-0.39, 0.29) is 0 Å². The number of rotatable bonds is 2. The van der Waals surface area contributed by atoms with E-state index in [1.54, 1.807) is 11.3 Å². The van der Waals surface area contributed by atoms with Gasteiger partial charge in [-0.25, -0.2) is 4.98 Å². The molecule has 1 saturated heterocycles. The van der Waals surface area contributed by atoms with Gasteiger partial charge in [0.05, 0.1) is 0 Å². The van der Waals surface area contributed by atoms with E-state index in [0.29, 0.717) is 12.0 Å². The summed E-state index contributed by atoms with van der Waals surface area (Å²) < 4.78 is 0. The molecule has 1 aliphatic heterocycles. The maximum atomic E-state index is 5.94. The van der Waals surface area contributed by atoms with E-state index in [0.717, 1.165) is 18.2 Å². The largest absolute Gasteiger partial charge is 0.348 e. The first-order valence-corrected chi connectivity index (χ1v) is 6.05. The van der Waals surface area contributed by atoms with Crippen molar-refractivity contribution in [1.29, 1.82) is 0 Å². The molecule has 2 heterocycles. The van der Waals surface area contributed by atoms with Crippen molar-refractivity contribution in [2.75, 3.05) is 18.0 Å². The minimum absolute atomic E-state index is 0.303. The van der Waals surface area contributed by atoms with Crippen LogP contribution in [0, 0.1) is 5.92 Å². The molecule has 2 N–H and O–H groups in total. The fourth-order valence-corrected chi connectivity index (χ4v) is 2.67. The fourth-order valence-electron chi connectivity index (χ4n) is 1.98. The van der Waals surface area contributed by atoms with Gasteiger partial charge < -0.3 is 10.6 Å². The van der Waals surface area contributed by atoms with Crippen molar-refractivity contribution in [3.63, 3.8) is 0 Å². The van der Waals surface area contributed by atoms with Crippen molar-refractivity contribution in [1.82, 2.24) is 4.98 Å². The lowest BCUT2D eigenvalue weighted by Crippen LogP contribution is -2.42. The first-order valence-electron chi connectivity index (χ1n) is 5.17. The summed E-state index contributed by atoms with van der Waals surface area (Å²) in [6.07, 6.45) is 4.38. The van der Waals surface area contributed by atoms with Gasteiger partial charge in [-0.15, -0.1) is 11.3 Å². The SMILES string of the molecule is CC(N)C1CCCN(c2nccs2)C1. The van der Waals surface area contributed by atoms with Crippen molar-refractivity contribution >= 4 is 16.5 Å². The second-order valence-electron chi connectivity index (χ2n) is 4.02. The zero-order valence-electron chi connectivity index (χ0n) is 8.52. The Morgan fingerprint density at radius 2 is 2.57 bits per heavy atom. The summed E-state index contributed by atoms with van der Waals surface area (Å²) in [7, 11) is 0. The third kappa shape index (κ3) is 2.07. The summed E-state index contributed by atoms with van der Waals surface area (Å²) >= 11 is 1.72. The molecule has 1 aromatic rings. The number of thiazole rings is 1. The molecule has 2 unspecified atom stereocenters. The second kappa shape index (κ2) is 4.28. The zero-order chi connectivity index (χ0) is 9.97. The lowest BCUT2D eigenvalue weighted by atomic mass is 9.92. The van der Waals surface area contributed by atoms with E-state index >= 15 is 0 Å². The van der Waals surface area contributed by atoms with Crippen molar-refractivity contribution < 1.29 is 0 Å². The molecule has 0 amide bonds. The fraction of sp³-hybridized carbons (Fsp3) is 0.700. The molecule has 2 rings (SSSR count). The number of nitrogens with two attached hydrogens (primary N) is 1. The average Bonchev–Trinajstić information content (AvgIpc) is 2.71. The Balaban J connectivity index is 2.01. The third-order valence-electron chi connectivity index (χ3n) is 2.89. The van der Waals surface area contributed by atoms with Gasteiger partial charge in [0.15, 0.2) is 5.13 Å². The van der Waals surface area contributed by atoms with Crippen LogP contribution in [0.25, 0.3) is 0 Å². The van der Waals surface area contributed by atoms with Crippen LogP contribution in [0.15, 0.2) is 11.6 Å². The normalized spacial score (nSPS) is 25.0. The predicted molar refractivity (Wildman–Crippen MR) is 60.7 cm³/mol. The van der Waals surface area contributed by atoms with Gasteiger partial charge in [0.1, 0.15) is 0 Å². The molecule has 1 aliphatic rings. The van der Waals surface area contributed by atoms with Gasteiger partial charge in [-0.05, 0) is 25.7 Å². The van der Waals surface area contributed by atoms with Crippen molar-refractivity contribution in [2.24, 2.45) is 11.7 Å². The Morgan fingerprint density at radius 3 is 3.21 bits per heavy atom. The van der Waals surface area contributed by atoms with Crippen LogP contribution < -0.4 is 10.6 Å². The number of piperidine rings is 1. The van der Waals surface area contributed by atoms with Gasteiger partial charge in [0.25, 0.3) is 0 Å². The number of hydrogen-bond acceptors (Lipinski definition) is 4. The topological polar surface area (TPSA) is 42.1 Å². The molecular formula is C10H17N3S. The molecule has 0 spiro atoms. The lowest BCUT2D eigenvalue weighted by molar-refractivity contribution is 0.364. The molecule has 2 atom stereocenters. The van der Waals surface area contributed by atoms with Crippen LogP contribution in [0.1, 0.15) is 19.8 Å². The van der Waals surface area contributed by atoms with Gasteiger partial charge in [0.2, 0.25) is 0 Å². The predicted octanol–water partition coefficient (Wildman–Crippen LogP) is 1.71. The zero-order valence-corrected chi connectivity index (χ0v) is 9.33. The molecule has 78 valence electrons. The summed E-state index contributed by atoms with van der Waals surface area (Å²) in [4.78, 5) is 6.70. The first-order chi connectivity index (χ1) is 6.77. The molecule has 3 nitrogen and oxygen atoms in total. The monoisotopic (exact) mass is 211 g/mol. The van der Waals surface area contributed by atoms with Crippen LogP contribution in [0.5, 0.6) is 0 Å². The quantitative estimate of drug-likeness (QED) is 0.809. The highest BCUT2D eigenvalue weighted by molar-refractivity contribution is 7.13. The van der Waals surface area contributed by atoms with Gasteiger partial charge >= 0.3 is 0 Å². The minimum atomic E-state index is 0.303. The van der Waals surface area contributed by atoms with Gasteiger partial charge in [-0.2, -0.15) is 0 Å². The second-order valence-corrected chi connectivity index (χ2v) is 4.90. The Hall–Kier alpha value is -0.610. The van der Waals surface area contributed by atoms with Crippen LogP contribution in [0.2, 0.25) is 0 Å². The smallest absolute Gasteiger partial charge is 0.185 e. The van der Waals surface area contributed by atoms with E-state index < -0.39 is 0 Å². The Kier molecular flexibility index (Phi) is 3.03. The molecule has 0 bridgehead atoms. The Labute approximate surface area is 88.9 Å². The molecule has 14 heavy (non-hydrogen) atoms. The van der Waals surface area contributed by atoms with E-state index in [2.05, 4.69) is 16.8 Å². The molecule has 1 aromatic heterocycles. The maximum absolute atomic E-state index is 5.94. The molecule has 1 fully saturated rings. The molecule has 0 radical (unpaired) electrons. The first kappa shape index (κ1) is 9.93. The maximum Gasteiger partial charge on any atom is 0.185 e.